The third kappa shape index (κ3) is 78.8. The molecule has 0 saturated heterocycles. The molecule has 0 heterocycles. The minimum absolute atomic E-state index is 0. The third-order valence-corrected chi connectivity index (χ3v) is 1.75. The predicted octanol–water partition coefficient (Wildman–Crippen LogP) is -0.545. The van der Waals surface area contributed by atoms with Gasteiger partial charge in [-0.25, -0.2) is 0 Å². The molecule has 0 spiro atoms. The van der Waals surface area contributed by atoms with E-state index in [2.05, 4.69) is 0 Å². The molecule has 0 rings (SSSR count). The maximum Gasteiger partial charge on any atom is 3.00 e. The molecule has 0 aliphatic carbocycles. The van der Waals surface area contributed by atoms with Crippen molar-refractivity contribution in [3.05, 3.63) is 0 Å². The summed E-state index contributed by atoms with van der Waals surface area (Å²) in [7, 11) is 0. The van der Waals surface area contributed by atoms with Gasteiger partial charge in [0.1, 0.15) is 18.0 Å². The number of ketones is 2. The Morgan fingerprint density at radius 1 is 0.778 bits per heavy atom. The Morgan fingerprint density at radius 3 is 1.22 bits per heavy atom. The van der Waals surface area contributed by atoms with Crippen LogP contribution in [0.15, 0.2) is 0 Å². The molecule has 156 valence electrons. The van der Waals surface area contributed by atoms with Gasteiger partial charge in [-0.1, -0.05) is 41.5 Å². The molecule has 0 fully saturated rings. The normalized spacial score (nSPS) is 8.67. The van der Waals surface area contributed by atoms with Crippen molar-refractivity contribution in [2.75, 3.05) is 0 Å². The molecule has 0 radical (unpaired) electrons. The second-order valence-corrected chi connectivity index (χ2v) is 5.79. The van der Waals surface area contributed by atoms with Crippen LogP contribution in [0.5, 0.6) is 0 Å². The zero-order chi connectivity index (χ0) is 21.7. The number of carbonyl (C=O) groups excluding carboxylic acids is 3. The molecule has 0 aliphatic rings. The summed E-state index contributed by atoms with van der Waals surface area (Å²) in [5.41, 5.74) is 0. The van der Waals surface area contributed by atoms with Crippen LogP contribution in [-0.4, -0.2) is 58.2 Å². The average molecular weight is 404 g/mol. The Hall–Kier alpha value is -1.27. The zero-order valence-corrected chi connectivity index (χ0v) is 18.4. The maximum absolute atomic E-state index is 10.5. The van der Waals surface area contributed by atoms with E-state index in [4.69, 9.17) is 5.11 Å². The monoisotopic (exact) mass is 404 g/mol. The first-order chi connectivity index (χ1) is 11.8. The Bertz CT molecular complexity index is 340. The zero-order valence-electron chi connectivity index (χ0n) is 17.3. The van der Waals surface area contributed by atoms with E-state index in [0.29, 0.717) is 19.3 Å². The number of rotatable bonds is 8. The number of hydrogen-bond acceptors (Lipinski definition) is 7. The second kappa shape index (κ2) is 27.0. The predicted molar refractivity (Wildman–Crippen MR) is 97.7 cm³/mol. The van der Waals surface area contributed by atoms with Crippen molar-refractivity contribution in [2.45, 2.75) is 92.3 Å². The van der Waals surface area contributed by atoms with E-state index in [-0.39, 0.29) is 35.3 Å². The Kier molecular flexibility index (Phi) is 36.6. The summed E-state index contributed by atoms with van der Waals surface area (Å²) in [6, 6.07) is 0. The van der Waals surface area contributed by atoms with E-state index < -0.39 is 30.6 Å². The van der Waals surface area contributed by atoms with Gasteiger partial charge in [0.15, 0.2) is 0 Å². The van der Waals surface area contributed by atoms with Crippen LogP contribution in [-0.2, 0) is 19.2 Å². The van der Waals surface area contributed by atoms with Crippen molar-refractivity contribution in [3.8, 4) is 0 Å². The topological polar surface area (TPSA) is 158 Å². The molecule has 0 aromatic carbocycles. The summed E-state index contributed by atoms with van der Waals surface area (Å²) < 4.78 is 0. The summed E-state index contributed by atoms with van der Waals surface area (Å²) in [6.45, 7) is 10.1. The molecule has 0 unspecified atom stereocenters. The molecule has 0 aliphatic heterocycles. The van der Waals surface area contributed by atoms with Crippen molar-refractivity contribution in [3.63, 3.8) is 0 Å². The van der Waals surface area contributed by atoms with Crippen LogP contribution < -0.4 is 15.3 Å². The van der Waals surface area contributed by atoms with E-state index in [1.54, 1.807) is 27.7 Å². The largest absolute Gasteiger partial charge is 3.00 e. The quantitative estimate of drug-likeness (QED) is 0.417. The SMILES string of the molecule is CC(C)[O-].CC(C)[O-].CCCC(=O)CC(=O)O.CCCC(=O)CC(=O)[O-].[Al+3]. The van der Waals surface area contributed by atoms with Crippen molar-refractivity contribution in [2.24, 2.45) is 0 Å². The summed E-state index contributed by atoms with van der Waals surface area (Å²) in [5.74, 6) is -2.76. The van der Waals surface area contributed by atoms with Crippen LogP contribution >= 0.6 is 0 Å². The average Bonchev–Trinajstić information content (AvgIpc) is 2.36. The van der Waals surface area contributed by atoms with Crippen molar-refractivity contribution in [1.29, 1.82) is 0 Å². The number of carboxylic acids is 2. The van der Waals surface area contributed by atoms with Gasteiger partial charge in [0.05, 0.1) is 0 Å². The smallest absolute Gasteiger partial charge is 0.852 e. The molecule has 27 heavy (non-hydrogen) atoms. The molecule has 0 aromatic rings. The van der Waals surface area contributed by atoms with Crippen LogP contribution in [0.3, 0.4) is 0 Å². The Balaban J connectivity index is -0.0000000843. The molecule has 0 amide bonds. The molecule has 9 heteroatoms. The van der Waals surface area contributed by atoms with Crippen molar-refractivity contribution >= 4 is 40.9 Å². The molecule has 0 atom stereocenters. The molecule has 1 N–H and O–H groups in total. The summed E-state index contributed by atoms with van der Waals surface area (Å²) in [6.07, 6.45) is 0.556. The minimum Gasteiger partial charge on any atom is -0.852 e. The van der Waals surface area contributed by atoms with Crippen molar-refractivity contribution in [1.82, 2.24) is 0 Å². The number of carbonyl (C=O) groups is 4. The van der Waals surface area contributed by atoms with Gasteiger partial charge >= 0.3 is 23.3 Å². The van der Waals surface area contributed by atoms with Gasteiger partial charge in [-0.3, -0.25) is 14.4 Å². The van der Waals surface area contributed by atoms with Crippen LogP contribution in [0.25, 0.3) is 0 Å². The van der Waals surface area contributed by atoms with Crippen molar-refractivity contribution < 1.29 is 39.6 Å². The number of carboxylic acid groups (broad SMARTS) is 2. The van der Waals surface area contributed by atoms with E-state index >= 15 is 0 Å². The molecule has 0 saturated carbocycles. The molecule has 0 bridgehead atoms. The van der Waals surface area contributed by atoms with E-state index in [1.165, 1.54) is 0 Å². The van der Waals surface area contributed by atoms with E-state index in [9.17, 15) is 34.5 Å². The van der Waals surface area contributed by atoms with E-state index in [1.807, 2.05) is 13.8 Å². The number of hydrogen-bond donors (Lipinski definition) is 1. The fourth-order valence-corrected chi connectivity index (χ4v) is 1.06. The molecule has 8 nitrogen and oxygen atoms in total. The van der Waals surface area contributed by atoms with Crippen LogP contribution in [0.1, 0.15) is 80.1 Å². The van der Waals surface area contributed by atoms with Gasteiger partial charge in [0, 0.05) is 25.2 Å². The van der Waals surface area contributed by atoms with Gasteiger partial charge in [0.25, 0.3) is 0 Å². The third-order valence-electron chi connectivity index (χ3n) is 1.75. The number of Topliss-reactive ketones (excluding diaryl/α,β-unsaturated/α-hetero) is 2. The van der Waals surface area contributed by atoms with E-state index in [0.717, 1.165) is 6.42 Å². The molecular formula is C18H33AlO8. The summed E-state index contributed by atoms with van der Waals surface area (Å²) in [4.78, 5) is 40.5. The Labute approximate surface area is 173 Å². The van der Waals surface area contributed by atoms with Crippen LogP contribution in [0.2, 0.25) is 0 Å². The fraction of sp³-hybridized carbons (Fsp3) is 0.778. The number of aliphatic carboxylic acids is 2. The van der Waals surface area contributed by atoms with Gasteiger partial charge < -0.3 is 25.2 Å². The molecule has 0 aromatic heterocycles. The van der Waals surface area contributed by atoms with Gasteiger partial charge in [0.2, 0.25) is 0 Å². The first kappa shape index (κ1) is 36.6. The van der Waals surface area contributed by atoms with Gasteiger partial charge in [-0.05, 0) is 12.8 Å². The standard InChI is InChI=1S/2C6H10O3.2C3H7O.Al/c2*1-2-3-5(7)4-6(8)9;2*1-3(2)4;/h2*2-4H2,1H3,(H,8,9);2*3H,1-2H3;/q;;2*-1;+3/p-1. The van der Waals surface area contributed by atoms with Gasteiger partial charge in [-0.2, -0.15) is 0 Å². The van der Waals surface area contributed by atoms with Crippen LogP contribution in [0, 0.1) is 0 Å². The Morgan fingerprint density at radius 2 is 1.04 bits per heavy atom. The van der Waals surface area contributed by atoms with Gasteiger partial charge in [-0.15, -0.1) is 12.2 Å². The molecular weight excluding hydrogens is 371 g/mol. The minimum atomic E-state index is -1.28. The van der Waals surface area contributed by atoms with Crippen LogP contribution in [0.4, 0.5) is 0 Å². The fourth-order valence-electron chi connectivity index (χ4n) is 1.06. The summed E-state index contributed by atoms with van der Waals surface area (Å²) in [5, 5.41) is 36.9. The maximum atomic E-state index is 10.5. The second-order valence-electron chi connectivity index (χ2n) is 5.79. The first-order valence-corrected chi connectivity index (χ1v) is 8.56. The summed E-state index contributed by atoms with van der Waals surface area (Å²) >= 11 is 0. The first-order valence-electron chi connectivity index (χ1n) is 8.56.